The van der Waals surface area contributed by atoms with Crippen molar-refractivity contribution >= 4 is 5.78 Å². The zero-order chi connectivity index (χ0) is 10.6. The van der Waals surface area contributed by atoms with Crippen molar-refractivity contribution in [2.75, 3.05) is 0 Å². The molecule has 0 fully saturated rings. The number of rotatable bonds is 5. The molecule has 1 rings (SSSR count). The Labute approximate surface area is 84.3 Å². The van der Waals surface area contributed by atoms with Gasteiger partial charge in [0.25, 0.3) is 0 Å². The Kier molecular flexibility index (Phi) is 3.23. The van der Waals surface area contributed by atoms with E-state index in [1.807, 2.05) is 6.08 Å². The maximum Gasteiger partial charge on any atom is 0.198 e. The summed E-state index contributed by atoms with van der Waals surface area (Å²) in [6, 6.07) is 0. The van der Waals surface area contributed by atoms with Crippen molar-refractivity contribution in [2.45, 2.75) is 26.7 Å². The number of carbonyl (C=O) groups excluding carboxylic acids is 1. The SMILES string of the molecule is C=CC(C)(C)CCC(=O)c1ncc[nH]1. The van der Waals surface area contributed by atoms with E-state index < -0.39 is 0 Å². The van der Waals surface area contributed by atoms with Gasteiger partial charge >= 0.3 is 0 Å². The molecule has 1 N–H and O–H groups in total. The van der Waals surface area contributed by atoms with Crippen LogP contribution in [0.2, 0.25) is 0 Å². The van der Waals surface area contributed by atoms with Gasteiger partial charge in [0.05, 0.1) is 0 Å². The zero-order valence-electron chi connectivity index (χ0n) is 8.71. The van der Waals surface area contributed by atoms with Crippen LogP contribution in [0.25, 0.3) is 0 Å². The Hall–Kier alpha value is -1.38. The molecule has 0 saturated carbocycles. The lowest BCUT2D eigenvalue weighted by atomic mass is 9.87. The smallest absolute Gasteiger partial charge is 0.198 e. The maximum absolute atomic E-state index is 11.5. The van der Waals surface area contributed by atoms with Gasteiger partial charge in [-0.2, -0.15) is 0 Å². The van der Waals surface area contributed by atoms with Crippen LogP contribution in [0.5, 0.6) is 0 Å². The molecule has 3 heteroatoms. The molecule has 1 heterocycles. The monoisotopic (exact) mass is 192 g/mol. The molecule has 1 aromatic rings. The van der Waals surface area contributed by atoms with Gasteiger partial charge < -0.3 is 4.98 Å². The first-order valence-corrected chi connectivity index (χ1v) is 4.71. The lowest BCUT2D eigenvalue weighted by molar-refractivity contribution is 0.0960. The van der Waals surface area contributed by atoms with Crippen molar-refractivity contribution in [3.05, 3.63) is 30.9 Å². The molecule has 0 aliphatic heterocycles. The van der Waals surface area contributed by atoms with Crippen LogP contribution >= 0.6 is 0 Å². The Balaban J connectivity index is 2.47. The first kappa shape index (κ1) is 10.7. The first-order valence-electron chi connectivity index (χ1n) is 4.71. The number of allylic oxidation sites excluding steroid dienone is 1. The molecule has 1 aromatic heterocycles. The number of aromatic amines is 1. The largest absolute Gasteiger partial charge is 0.342 e. The van der Waals surface area contributed by atoms with Gasteiger partial charge in [-0.3, -0.25) is 4.79 Å². The number of ketones is 1. The van der Waals surface area contributed by atoms with E-state index in [4.69, 9.17) is 0 Å². The molecule has 0 amide bonds. The number of carbonyl (C=O) groups is 1. The van der Waals surface area contributed by atoms with Gasteiger partial charge in [-0.25, -0.2) is 4.98 Å². The second-order valence-corrected chi connectivity index (χ2v) is 4.05. The van der Waals surface area contributed by atoms with Gasteiger partial charge in [-0.1, -0.05) is 19.9 Å². The summed E-state index contributed by atoms with van der Waals surface area (Å²) in [5.74, 6) is 0.509. The van der Waals surface area contributed by atoms with Crippen molar-refractivity contribution < 1.29 is 4.79 Å². The van der Waals surface area contributed by atoms with Gasteiger partial charge in [0.1, 0.15) is 0 Å². The van der Waals surface area contributed by atoms with E-state index in [1.165, 1.54) is 0 Å². The van der Waals surface area contributed by atoms with Crippen LogP contribution in [-0.4, -0.2) is 15.8 Å². The van der Waals surface area contributed by atoms with Gasteiger partial charge in [-0.05, 0) is 11.8 Å². The molecule has 0 spiro atoms. The highest BCUT2D eigenvalue weighted by molar-refractivity contribution is 5.92. The fourth-order valence-electron chi connectivity index (χ4n) is 1.07. The molecule has 14 heavy (non-hydrogen) atoms. The van der Waals surface area contributed by atoms with Crippen LogP contribution < -0.4 is 0 Å². The Morgan fingerprint density at radius 3 is 2.93 bits per heavy atom. The van der Waals surface area contributed by atoms with E-state index in [-0.39, 0.29) is 11.2 Å². The highest BCUT2D eigenvalue weighted by atomic mass is 16.1. The van der Waals surface area contributed by atoms with Crippen molar-refractivity contribution in [1.29, 1.82) is 0 Å². The van der Waals surface area contributed by atoms with Crippen LogP contribution in [0.4, 0.5) is 0 Å². The topological polar surface area (TPSA) is 45.8 Å². The highest BCUT2D eigenvalue weighted by Gasteiger charge is 2.16. The molecule has 0 atom stereocenters. The highest BCUT2D eigenvalue weighted by Crippen LogP contribution is 2.23. The summed E-state index contributed by atoms with van der Waals surface area (Å²) in [5.41, 5.74) is 0.0161. The molecule has 0 aliphatic carbocycles. The molecule has 0 saturated heterocycles. The molecule has 3 nitrogen and oxygen atoms in total. The van der Waals surface area contributed by atoms with E-state index in [0.29, 0.717) is 12.2 Å². The van der Waals surface area contributed by atoms with Crippen LogP contribution in [0.1, 0.15) is 37.3 Å². The molecule has 0 aromatic carbocycles. The number of hydrogen-bond acceptors (Lipinski definition) is 2. The molecular formula is C11H16N2O. The van der Waals surface area contributed by atoms with E-state index in [0.717, 1.165) is 6.42 Å². The second-order valence-electron chi connectivity index (χ2n) is 4.05. The minimum absolute atomic E-state index is 0.0161. The Morgan fingerprint density at radius 1 is 1.71 bits per heavy atom. The minimum atomic E-state index is 0.0161. The summed E-state index contributed by atoms with van der Waals surface area (Å²) in [6.07, 6.45) is 6.43. The predicted octanol–water partition coefficient (Wildman–Crippen LogP) is 2.58. The number of nitrogens with one attached hydrogen (secondary N) is 1. The maximum atomic E-state index is 11.5. The third-order valence-electron chi connectivity index (χ3n) is 2.31. The Bertz CT molecular complexity index is 312. The quantitative estimate of drug-likeness (QED) is 0.575. The van der Waals surface area contributed by atoms with Crippen molar-refractivity contribution in [1.82, 2.24) is 9.97 Å². The lowest BCUT2D eigenvalue weighted by Crippen LogP contribution is -2.11. The second kappa shape index (κ2) is 4.22. The Morgan fingerprint density at radius 2 is 2.43 bits per heavy atom. The third kappa shape index (κ3) is 2.83. The van der Waals surface area contributed by atoms with E-state index >= 15 is 0 Å². The summed E-state index contributed by atoms with van der Waals surface area (Å²) in [4.78, 5) is 18.3. The van der Waals surface area contributed by atoms with E-state index in [2.05, 4.69) is 30.4 Å². The zero-order valence-corrected chi connectivity index (χ0v) is 8.71. The number of H-pyrrole nitrogens is 1. The summed E-state index contributed by atoms with van der Waals surface area (Å²) in [5, 5.41) is 0. The van der Waals surface area contributed by atoms with Crippen molar-refractivity contribution in [3.8, 4) is 0 Å². The normalized spacial score (nSPS) is 11.3. The van der Waals surface area contributed by atoms with Crippen molar-refractivity contribution in [3.63, 3.8) is 0 Å². The average Bonchev–Trinajstić information content (AvgIpc) is 2.67. The molecule has 0 aliphatic rings. The number of hydrogen-bond donors (Lipinski definition) is 1. The summed E-state index contributed by atoms with van der Waals surface area (Å²) >= 11 is 0. The fourth-order valence-corrected chi connectivity index (χ4v) is 1.07. The molecule has 76 valence electrons. The number of Topliss-reactive ketones (excluding diaryl/α,β-unsaturated/α-hetero) is 1. The van der Waals surface area contributed by atoms with Gasteiger partial charge in [-0.15, -0.1) is 6.58 Å². The molecule has 0 radical (unpaired) electrons. The van der Waals surface area contributed by atoms with Crippen molar-refractivity contribution in [2.24, 2.45) is 5.41 Å². The van der Waals surface area contributed by atoms with Crippen LogP contribution in [0, 0.1) is 5.41 Å². The summed E-state index contributed by atoms with van der Waals surface area (Å²) in [6.45, 7) is 7.87. The fraction of sp³-hybridized carbons (Fsp3) is 0.455. The third-order valence-corrected chi connectivity index (χ3v) is 2.31. The first-order chi connectivity index (χ1) is 6.55. The van der Waals surface area contributed by atoms with Crippen LogP contribution in [0.3, 0.4) is 0 Å². The average molecular weight is 192 g/mol. The number of aromatic nitrogens is 2. The van der Waals surface area contributed by atoms with E-state index in [9.17, 15) is 4.79 Å². The predicted molar refractivity (Wildman–Crippen MR) is 56.1 cm³/mol. The van der Waals surface area contributed by atoms with Crippen LogP contribution in [0.15, 0.2) is 25.0 Å². The molecule has 0 unspecified atom stereocenters. The lowest BCUT2D eigenvalue weighted by Gasteiger charge is -2.18. The van der Waals surface area contributed by atoms with Gasteiger partial charge in [0, 0.05) is 18.8 Å². The number of imidazole rings is 1. The van der Waals surface area contributed by atoms with Gasteiger partial charge in [0.2, 0.25) is 0 Å². The summed E-state index contributed by atoms with van der Waals surface area (Å²) < 4.78 is 0. The molecule has 0 bridgehead atoms. The molecular weight excluding hydrogens is 176 g/mol. The standard InChI is InChI=1S/C11H16N2O/c1-4-11(2,3)6-5-9(14)10-12-7-8-13-10/h4,7-8H,1,5-6H2,2-3H3,(H,12,13). The van der Waals surface area contributed by atoms with Crippen LogP contribution in [-0.2, 0) is 0 Å². The van der Waals surface area contributed by atoms with Gasteiger partial charge in [0.15, 0.2) is 11.6 Å². The van der Waals surface area contributed by atoms with E-state index in [1.54, 1.807) is 12.4 Å². The minimum Gasteiger partial charge on any atom is -0.342 e. The summed E-state index contributed by atoms with van der Waals surface area (Å²) in [7, 11) is 0. The number of nitrogens with zero attached hydrogens (tertiary/aromatic N) is 1.